The highest BCUT2D eigenvalue weighted by Gasteiger charge is 2.16. The number of anilines is 1. The summed E-state index contributed by atoms with van der Waals surface area (Å²) in [4.78, 5) is 11.6. The Hall–Kier alpha value is -2.32. The Labute approximate surface area is 119 Å². The fraction of sp³-hybridized carbons (Fsp3) is 0. The fourth-order valence-corrected chi connectivity index (χ4v) is 2.19. The van der Waals surface area contributed by atoms with Crippen LogP contribution in [0.3, 0.4) is 0 Å². The minimum Gasteiger partial charge on any atom is -0.322 e. The number of carbonyl (C=O) groups is 1. The van der Waals surface area contributed by atoms with Crippen LogP contribution in [0.1, 0.15) is 10.4 Å². The van der Waals surface area contributed by atoms with E-state index in [0.717, 1.165) is 18.2 Å². The smallest absolute Gasteiger partial charge is 0.258 e. The molecular weight excluding hydrogens is 302 g/mol. The number of amides is 1. The van der Waals surface area contributed by atoms with Crippen molar-refractivity contribution in [3.05, 3.63) is 59.7 Å². The maximum Gasteiger partial charge on any atom is 0.258 e. The monoisotopic (exact) mass is 312 g/mol. The third-order valence-electron chi connectivity index (χ3n) is 2.62. The lowest BCUT2D eigenvalue weighted by atomic mass is 10.2. The number of nitrogens with one attached hydrogen (secondary N) is 1. The predicted molar refractivity (Wildman–Crippen MR) is 72.1 cm³/mol. The molecule has 0 aliphatic rings. The largest absolute Gasteiger partial charge is 0.322 e. The van der Waals surface area contributed by atoms with Crippen molar-refractivity contribution < 1.29 is 22.0 Å². The Morgan fingerprint density at radius 2 is 1.76 bits per heavy atom. The first-order valence-corrected chi connectivity index (χ1v) is 7.22. The molecule has 0 bridgehead atoms. The number of hydrogen-bond acceptors (Lipinski definition) is 3. The van der Waals surface area contributed by atoms with E-state index in [2.05, 4.69) is 5.32 Å². The van der Waals surface area contributed by atoms with Crippen LogP contribution in [0.25, 0.3) is 0 Å². The molecule has 21 heavy (non-hydrogen) atoms. The van der Waals surface area contributed by atoms with Crippen molar-refractivity contribution in [1.29, 1.82) is 0 Å². The quantitative estimate of drug-likeness (QED) is 0.906. The maximum absolute atomic E-state index is 13.5. The van der Waals surface area contributed by atoms with Crippen molar-refractivity contribution in [2.45, 2.75) is 4.90 Å². The zero-order chi connectivity index (χ0) is 15.6. The molecule has 0 heterocycles. The summed E-state index contributed by atoms with van der Waals surface area (Å²) in [5, 5.41) is 7.23. The van der Waals surface area contributed by atoms with Crippen molar-refractivity contribution >= 4 is 21.6 Å². The minimum atomic E-state index is -3.93. The van der Waals surface area contributed by atoms with E-state index in [0.29, 0.717) is 0 Å². The van der Waals surface area contributed by atoms with Gasteiger partial charge in [-0.2, -0.15) is 0 Å². The summed E-state index contributed by atoms with van der Waals surface area (Å²) in [5.41, 5.74) is -0.397. The Kier molecular flexibility index (Phi) is 4.01. The SMILES string of the molecule is NS(=O)(=O)c1cccc(NC(=O)c2cccc(F)c2F)c1. The molecule has 3 N–H and O–H groups in total. The van der Waals surface area contributed by atoms with Gasteiger partial charge in [-0.25, -0.2) is 22.3 Å². The number of nitrogens with two attached hydrogens (primary N) is 1. The fourth-order valence-electron chi connectivity index (χ4n) is 1.63. The molecule has 2 rings (SSSR count). The first-order valence-electron chi connectivity index (χ1n) is 5.67. The van der Waals surface area contributed by atoms with Crippen molar-refractivity contribution in [3.8, 4) is 0 Å². The lowest BCUT2D eigenvalue weighted by molar-refractivity contribution is 0.102. The number of carbonyl (C=O) groups excluding carboxylic acids is 1. The van der Waals surface area contributed by atoms with Crippen LogP contribution in [0.5, 0.6) is 0 Å². The molecule has 8 heteroatoms. The number of hydrogen-bond donors (Lipinski definition) is 2. The molecule has 0 atom stereocenters. The van der Waals surface area contributed by atoms with Gasteiger partial charge < -0.3 is 5.32 Å². The molecule has 2 aromatic carbocycles. The zero-order valence-electron chi connectivity index (χ0n) is 10.5. The van der Waals surface area contributed by atoms with Crippen molar-refractivity contribution in [2.24, 2.45) is 5.14 Å². The average Bonchev–Trinajstić information content (AvgIpc) is 2.41. The summed E-state index contributed by atoms with van der Waals surface area (Å²) in [6, 6.07) is 8.29. The topological polar surface area (TPSA) is 89.3 Å². The summed E-state index contributed by atoms with van der Waals surface area (Å²) in [6.45, 7) is 0. The van der Waals surface area contributed by atoms with Crippen LogP contribution in [-0.2, 0) is 10.0 Å². The van der Waals surface area contributed by atoms with E-state index < -0.39 is 33.1 Å². The summed E-state index contributed by atoms with van der Waals surface area (Å²) >= 11 is 0. The molecule has 0 saturated carbocycles. The molecule has 0 aliphatic carbocycles. The lowest BCUT2D eigenvalue weighted by Gasteiger charge is -2.07. The van der Waals surface area contributed by atoms with Gasteiger partial charge in [0.1, 0.15) is 0 Å². The normalized spacial score (nSPS) is 11.2. The van der Waals surface area contributed by atoms with Gasteiger partial charge in [0.15, 0.2) is 11.6 Å². The van der Waals surface area contributed by atoms with Gasteiger partial charge in [-0.1, -0.05) is 12.1 Å². The van der Waals surface area contributed by atoms with Crippen LogP contribution in [0.4, 0.5) is 14.5 Å². The third-order valence-corrected chi connectivity index (χ3v) is 3.53. The van der Waals surface area contributed by atoms with Crippen LogP contribution < -0.4 is 10.5 Å². The van der Waals surface area contributed by atoms with E-state index in [1.165, 1.54) is 24.3 Å². The highest BCUT2D eigenvalue weighted by atomic mass is 32.2. The van der Waals surface area contributed by atoms with Crippen molar-refractivity contribution in [2.75, 3.05) is 5.32 Å². The molecular formula is C13H10F2N2O3S. The number of halogens is 2. The van der Waals surface area contributed by atoms with Gasteiger partial charge in [0.2, 0.25) is 10.0 Å². The molecule has 110 valence electrons. The second-order valence-corrected chi connectivity index (χ2v) is 5.69. The minimum absolute atomic E-state index is 0.0928. The molecule has 0 spiro atoms. The summed E-state index contributed by atoms with van der Waals surface area (Å²) < 4.78 is 48.9. The Morgan fingerprint density at radius 3 is 2.43 bits per heavy atom. The molecule has 0 unspecified atom stereocenters. The maximum atomic E-state index is 13.5. The van der Waals surface area contributed by atoms with E-state index in [1.54, 1.807) is 0 Å². The summed E-state index contributed by atoms with van der Waals surface area (Å²) in [7, 11) is -3.93. The second-order valence-electron chi connectivity index (χ2n) is 4.13. The lowest BCUT2D eigenvalue weighted by Crippen LogP contribution is -2.16. The highest BCUT2D eigenvalue weighted by Crippen LogP contribution is 2.17. The van der Waals surface area contributed by atoms with Crippen LogP contribution >= 0.6 is 0 Å². The third kappa shape index (κ3) is 3.41. The number of benzene rings is 2. The second kappa shape index (κ2) is 5.58. The van der Waals surface area contributed by atoms with Crippen molar-refractivity contribution in [3.63, 3.8) is 0 Å². The van der Waals surface area contributed by atoms with Crippen LogP contribution in [0.15, 0.2) is 47.4 Å². The van der Waals surface area contributed by atoms with Gasteiger partial charge in [0.05, 0.1) is 10.5 Å². The van der Waals surface area contributed by atoms with Crippen LogP contribution in [0, 0.1) is 11.6 Å². The molecule has 0 aromatic heterocycles. The van der Waals surface area contributed by atoms with Gasteiger partial charge in [0.25, 0.3) is 5.91 Å². The van der Waals surface area contributed by atoms with Gasteiger partial charge >= 0.3 is 0 Å². The Balaban J connectivity index is 2.30. The van der Waals surface area contributed by atoms with E-state index in [4.69, 9.17) is 5.14 Å². The van der Waals surface area contributed by atoms with Gasteiger partial charge in [-0.3, -0.25) is 4.79 Å². The predicted octanol–water partition coefficient (Wildman–Crippen LogP) is 1.86. The molecule has 0 saturated heterocycles. The van der Waals surface area contributed by atoms with E-state index in [-0.39, 0.29) is 10.6 Å². The number of primary sulfonamides is 1. The van der Waals surface area contributed by atoms with Gasteiger partial charge in [-0.15, -0.1) is 0 Å². The first kappa shape index (κ1) is 15.1. The van der Waals surface area contributed by atoms with Crippen LogP contribution in [-0.4, -0.2) is 14.3 Å². The van der Waals surface area contributed by atoms with E-state index >= 15 is 0 Å². The number of sulfonamides is 1. The van der Waals surface area contributed by atoms with Gasteiger partial charge in [-0.05, 0) is 30.3 Å². The molecule has 5 nitrogen and oxygen atoms in total. The summed E-state index contributed by atoms with van der Waals surface area (Å²) in [5.74, 6) is -3.34. The standard InChI is InChI=1S/C13H10F2N2O3S/c14-11-6-2-5-10(12(11)15)13(18)17-8-3-1-4-9(7-8)21(16,19)20/h1-7H,(H,17,18)(H2,16,19,20). The van der Waals surface area contributed by atoms with Gasteiger partial charge in [0, 0.05) is 5.69 Å². The number of rotatable bonds is 3. The van der Waals surface area contributed by atoms with E-state index in [9.17, 15) is 22.0 Å². The summed E-state index contributed by atoms with van der Waals surface area (Å²) in [6.07, 6.45) is 0. The average molecular weight is 312 g/mol. The molecule has 0 radical (unpaired) electrons. The molecule has 0 fully saturated rings. The highest BCUT2D eigenvalue weighted by molar-refractivity contribution is 7.89. The molecule has 2 aromatic rings. The first-order chi connectivity index (χ1) is 9.79. The molecule has 1 amide bonds. The Morgan fingerprint density at radius 1 is 1.10 bits per heavy atom. The van der Waals surface area contributed by atoms with E-state index in [1.807, 2.05) is 0 Å². The van der Waals surface area contributed by atoms with Crippen molar-refractivity contribution in [1.82, 2.24) is 0 Å². The zero-order valence-corrected chi connectivity index (χ0v) is 11.3. The Bertz CT molecular complexity index is 807. The van der Waals surface area contributed by atoms with Crippen LogP contribution in [0.2, 0.25) is 0 Å². The molecule has 0 aliphatic heterocycles.